The summed E-state index contributed by atoms with van der Waals surface area (Å²) in [6.07, 6.45) is 2.18. The third-order valence-corrected chi connectivity index (χ3v) is 5.57. The van der Waals surface area contributed by atoms with Crippen molar-refractivity contribution in [3.05, 3.63) is 87.5 Å². The van der Waals surface area contributed by atoms with Gasteiger partial charge in [-0.15, -0.1) is 5.10 Å². The lowest BCUT2D eigenvalue weighted by molar-refractivity contribution is 0.0656. The number of carbonyl (C=O) groups is 2. The number of ether oxygens (including phenoxy) is 1. The van der Waals surface area contributed by atoms with Crippen LogP contribution in [0.5, 0.6) is 5.75 Å². The monoisotopic (exact) mass is 444 g/mol. The highest BCUT2D eigenvalue weighted by atomic mass is 16.5. The number of imide groups is 1. The number of amides is 2. The van der Waals surface area contributed by atoms with Gasteiger partial charge in [0.25, 0.3) is 11.8 Å². The molecule has 0 fully saturated rings. The summed E-state index contributed by atoms with van der Waals surface area (Å²) in [6.45, 7) is 2.89. The van der Waals surface area contributed by atoms with Crippen LogP contribution in [-0.4, -0.2) is 44.9 Å². The molecule has 0 N–H and O–H groups in total. The molecule has 9 heteroatoms. The predicted molar refractivity (Wildman–Crippen MR) is 118 cm³/mol. The van der Waals surface area contributed by atoms with Crippen molar-refractivity contribution < 1.29 is 18.7 Å². The number of hydrogen-bond donors (Lipinski definition) is 0. The van der Waals surface area contributed by atoms with Gasteiger partial charge < -0.3 is 9.15 Å². The standard InChI is InChI=1S/C24H20N4O5/c1-15-12-22(29)33-21-13-17(6-7-18(15)21)32-11-10-27-14-16(25-26-27)8-9-28-23(30)19-4-2-3-5-20(19)24(28)31/h2-7,12-14H,8-11H2,1H3. The molecule has 3 heterocycles. The number of aryl methyl sites for hydroxylation is 1. The number of hydrogen-bond acceptors (Lipinski definition) is 7. The van der Waals surface area contributed by atoms with Gasteiger partial charge in [0.2, 0.25) is 0 Å². The van der Waals surface area contributed by atoms with Crippen molar-refractivity contribution in [3.8, 4) is 5.75 Å². The molecule has 0 atom stereocenters. The molecule has 0 saturated heterocycles. The SMILES string of the molecule is Cc1cc(=O)oc2cc(OCCn3cc(CCN4C(=O)c5ccccc5C4=O)nn3)ccc12. The minimum atomic E-state index is -0.395. The Labute approximate surface area is 188 Å². The van der Waals surface area contributed by atoms with Gasteiger partial charge in [0, 0.05) is 36.7 Å². The van der Waals surface area contributed by atoms with Crippen molar-refractivity contribution in [2.24, 2.45) is 0 Å². The van der Waals surface area contributed by atoms with Crippen LogP contribution in [0.15, 0.2) is 63.9 Å². The number of rotatable bonds is 7. The van der Waals surface area contributed by atoms with Crippen molar-refractivity contribution >= 4 is 22.8 Å². The minimum Gasteiger partial charge on any atom is -0.492 e. The molecule has 5 rings (SSSR count). The first-order chi connectivity index (χ1) is 16.0. The average Bonchev–Trinajstić information content (AvgIpc) is 3.35. The fraction of sp³-hybridized carbons (Fsp3) is 0.208. The van der Waals surface area contributed by atoms with Crippen LogP contribution in [-0.2, 0) is 13.0 Å². The van der Waals surface area contributed by atoms with Gasteiger partial charge in [0.05, 0.1) is 23.4 Å². The van der Waals surface area contributed by atoms with Crippen molar-refractivity contribution in [2.75, 3.05) is 13.2 Å². The Morgan fingerprint density at radius 2 is 1.73 bits per heavy atom. The largest absolute Gasteiger partial charge is 0.492 e. The molecule has 0 radical (unpaired) electrons. The molecule has 166 valence electrons. The Bertz CT molecular complexity index is 1400. The molecule has 1 aliphatic heterocycles. The second kappa shape index (κ2) is 8.34. The quantitative estimate of drug-likeness (QED) is 0.318. The first kappa shape index (κ1) is 20.6. The van der Waals surface area contributed by atoms with Crippen LogP contribution >= 0.6 is 0 Å². The third kappa shape index (κ3) is 4.00. The second-order valence-corrected chi connectivity index (χ2v) is 7.79. The molecular weight excluding hydrogens is 424 g/mol. The van der Waals surface area contributed by atoms with E-state index in [1.807, 2.05) is 19.1 Å². The average molecular weight is 444 g/mol. The van der Waals surface area contributed by atoms with Crippen LogP contribution in [0.4, 0.5) is 0 Å². The minimum absolute atomic E-state index is 0.239. The van der Waals surface area contributed by atoms with E-state index in [4.69, 9.17) is 9.15 Å². The number of benzene rings is 2. The van der Waals surface area contributed by atoms with E-state index in [1.54, 1.807) is 41.2 Å². The Kier molecular flexibility index (Phi) is 5.21. The summed E-state index contributed by atoms with van der Waals surface area (Å²) in [5, 5.41) is 9.06. The fourth-order valence-electron chi connectivity index (χ4n) is 3.88. The van der Waals surface area contributed by atoms with E-state index in [2.05, 4.69) is 10.3 Å². The summed E-state index contributed by atoms with van der Waals surface area (Å²) in [5.74, 6) is 0.0258. The molecule has 4 aromatic rings. The first-order valence-corrected chi connectivity index (χ1v) is 10.5. The zero-order valence-electron chi connectivity index (χ0n) is 17.9. The summed E-state index contributed by atoms with van der Waals surface area (Å²) in [5.41, 5.74) is 2.48. The number of fused-ring (bicyclic) bond motifs is 2. The highest BCUT2D eigenvalue weighted by Crippen LogP contribution is 2.23. The lowest BCUT2D eigenvalue weighted by Gasteiger charge is -2.12. The van der Waals surface area contributed by atoms with Gasteiger partial charge in [0.1, 0.15) is 17.9 Å². The number of aromatic nitrogens is 3. The summed E-state index contributed by atoms with van der Waals surface area (Å²) >= 11 is 0. The van der Waals surface area contributed by atoms with Crippen molar-refractivity contribution in [1.29, 1.82) is 0 Å². The Balaban J connectivity index is 1.16. The lowest BCUT2D eigenvalue weighted by Crippen LogP contribution is -2.31. The van der Waals surface area contributed by atoms with Crippen molar-refractivity contribution in [2.45, 2.75) is 19.9 Å². The lowest BCUT2D eigenvalue weighted by atomic mass is 10.1. The van der Waals surface area contributed by atoms with Crippen LogP contribution in [0, 0.1) is 6.92 Å². The highest BCUT2D eigenvalue weighted by molar-refractivity contribution is 6.21. The topological polar surface area (TPSA) is 108 Å². The van der Waals surface area contributed by atoms with Crippen LogP contribution < -0.4 is 10.4 Å². The van der Waals surface area contributed by atoms with E-state index < -0.39 is 5.63 Å². The molecule has 0 unspecified atom stereocenters. The van der Waals surface area contributed by atoms with E-state index in [0.29, 0.717) is 47.7 Å². The molecule has 0 aliphatic carbocycles. The Morgan fingerprint density at radius 1 is 0.970 bits per heavy atom. The van der Waals surface area contributed by atoms with Gasteiger partial charge in [-0.2, -0.15) is 0 Å². The van der Waals surface area contributed by atoms with Gasteiger partial charge in [-0.3, -0.25) is 14.5 Å². The molecule has 1 aliphatic rings. The zero-order valence-corrected chi connectivity index (χ0v) is 17.9. The van der Waals surface area contributed by atoms with Gasteiger partial charge >= 0.3 is 5.63 Å². The van der Waals surface area contributed by atoms with Crippen molar-refractivity contribution in [1.82, 2.24) is 19.9 Å². The predicted octanol–water partition coefficient (Wildman–Crippen LogP) is 2.61. The van der Waals surface area contributed by atoms with Gasteiger partial charge in [-0.05, 0) is 36.8 Å². The van der Waals surface area contributed by atoms with Crippen LogP contribution in [0.1, 0.15) is 32.0 Å². The maximum Gasteiger partial charge on any atom is 0.336 e. The summed E-state index contributed by atoms with van der Waals surface area (Å²) in [6, 6.07) is 13.6. The molecule has 2 aromatic carbocycles. The molecule has 33 heavy (non-hydrogen) atoms. The van der Waals surface area contributed by atoms with Crippen LogP contribution in [0.3, 0.4) is 0 Å². The normalized spacial score (nSPS) is 13.1. The molecule has 0 bridgehead atoms. The molecular formula is C24H20N4O5. The van der Waals surface area contributed by atoms with Gasteiger partial charge in [-0.1, -0.05) is 17.3 Å². The Hall–Kier alpha value is -4.27. The molecule has 2 aromatic heterocycles. The smallest absolute Gasteiger partial charge is 0.336 e. The first-order valence-electron chi connectivity index (χ1n) is 10.5. The molecule has 0 saturated carbocycles. The molecule has 0 spiro atoms. The maximum atomic E-state index is 12.5. The second-order valence-electron chi connectivity index (χ2n) is 7.79. The fourth-order valence-corrected chi connectivity index (χ4v) is 3.88. The third-order valence-electron chi connectivity index (χ3n) is 5.57. The maximum absolute atomic E-state index is 12.5. The van der Waals surface area contributed by atoms with Crippen LogP contribution in [0.25, 0.3) is 11.0 Å². The highest BCUT2D eigenvalue weighted by Gasteiger charge is 2.34. The van der Waals surface area contributed by atoms with E-state index in [-0.39, 0.29) is 18.4 Å². The van der Waals surface area contributed by atoms with E-state index in [0.717, 1.165) is 10.9 Å². The number of carbonyl (C=O) groups excluding carboxylic acids is 2. The summed E-state index contributed by atoms with van der Waals surface area (Å²) in [7, 11) is 0. The van der Waals surface area contributed by atoms with Gasteiger partial charge in [-0.25, -0.2) is 9.48 Å². The van der Waals surface area contributed by atoms with E-state index >= 15 is 0 Å². The van der Waals surface area contributed by atoms with Crippen LogP contribution in [0.2, 0.25) is 0 Å². The van der Waals surface area contributed by atoms with Crippen molar-refractivity contribution in [3.63, 3.8) is 0 Å². The molecule has 9 nitrogen and oxygen atoms in total. The summed E-state index contributed by atoms with van der Waals surface area (Å²) in [4.78, 5) is 37.7. The Morgan fingerprint density at radius 3 is 2.48 bits per heavy atom. The molecule has 2 amide bonds. The number of nitrogens with zero attached hydrogens (tertiary/aromatic N) is 4. The van der Waals surface area contributed by atoms with E-state index in [9.17, 15) is 14.4 Å². The summed E-state index contributed by atoms with van der Waals surface area (Å²) < 4.78 is 12.6. The zero-order chi connectivity index (χ0) is 22.9. The van der Waals surface area contributed by atoms with E-state index in [1.165, 1.54) is 11.0 Å². The van der Waals surface area contributed by atoms with Gasteiger partial charge in [0.15, 0.2) is 0 Å².